The molecule has 1 amide bonds. The zero-order valence-corrected chi connectivity index (χ0v) is 13.2. The Labute approximate surface area is 139 Å². The molecular weight excluding hydrogens is 304 g/mol. The van der Waals surface area contributed by atoms with Crippen LogP contribution in [0.15, 0.2) is 49.2 Å². The maximum atomic E-state index is 12.2. The number of anilines is 1. The first kappa shape index (κ1) is 14.6. The zero-order chi connectivity index (χ0) is 16.4. The molecule has 0 atom stereocenters. The van der Waals surface area contributed by atoms with E-state index in [2.05, 4.69) is 25.3 Å². The second kappa shape index (κ2) is 6.27. The van der Waals surface area contributed by atoms with Crippen molar-refractivity contribution in [2.75, 3.05) is 18.0 Å². The van der Waals surface area contributed by atoms with Crippen LogP contribution in [0.4, 0.5) is 5.82 Å². The molecule has 1 saturated heterocycles. The summed E-state index contributed by atoms with van der Waals surface area (Å²) in [4.78, 5) is 23.0. The fourth-order valence-electron chi connectivity index (χ4n) is 3.09. The van der Waals surface area contributed by atoms with E-state index >= 15 is 0 Å². The molecule has 0 aromatic carbocycles. The van der Waals surface area contributed by atoms with Crippen molar-refractivity contribution in [2.45, 2.75) is 18.9 Å². The van der Waals surface area contributed by atoms with Gasteiger partial charge in [0.2, 0.25) is 0 Å². The van der Waals surface area contributed by atoms with E-state index in [9.17, 15) is 4.79 Å². The average Bonchev–Trinajstić information content (AvgIpc) is 3.12. The number of fused-ring (bicyclic) bond motifs is 1. The third-order valence-corrected chi connectivity index (χ3v) is 4.36. The second-order valence-electron chi connectivity index (χ2n) is 5.89. The third kappa shape index (κ3) is 2.80. The topological polar surface area (TPSA) is 75.4 Å². The monoisotopic (exact) mass is 322 g/mol. The summed E-state index contributed by atoms with van der Waals surface area (Å²) in [6.45, 7) is 1.71. The first-order chi connectivity index (χ1) is 11.8. The highest BCUT2D eigenvalue weighted by Gasteiger charge is 2.23. The lowest BCUT2D eigenvalue weighted by Gasteiger charge is -2.33. The molecule has 0 spiro atoms. The Morgan fingerprint density at radius 1 is 1.17 bits per heavy atom. The molecule has 0 aliphatic carbocycles. The third-order valence-electron chi connectivity index (χ3n) is 4.36. The highest BCUT2D eigenvalue weighted by molar-refractivity contribution is 5.94. The molecule has 0 radical (unpaired) electrons. The minimum Gasteiger partial charge on any atom is -0.355 e. The Hall–Kier alpha value is -2.96. The normalized spacial score (nSPS) is 15.6. The minimum absolute atomic E-state index is 0.0578. The lowest BCUT2D eigenvalue weighted by molar-refractivity contribution is 0.0930. The van der Waals surface area contributed by atoms with Gasteiger partial charge in [-0.3, -0.25) is 9.78 Å². The van der Waals surface area contributed by atoms with Crippen LogP contribution in [0.3, 0.4) is 0 Å². The second-order valence-corrected chi connectivity index (χ2v) is 5.89. The van der Waals surface area contributed by atoms with Crippen molar-refractivity contribution in [2.24, 2.45) is 0 Å². The number of hydrogen-bond donors (Lipinski definition) is 1. The Bertz CT molecular complexity index is 838. The van der Waals surface area contributed by atoms with Gasteiger partial charge >= 0.3 is 0 Å². The first-order valence-corrected chi connectivity index (χ1v) is 8.05. The molecule has 4 rings (SSSR count). The molecule has 0 saturated carbocycles. The quantitative estimate of drug-likeness (QED) is 0.791. The summed E-state index contributed by atoms with van der Waals surface area (Å²) >= 11 is 0. The van der Waals surface area contributed by atoms with Crippen molar-refractivity contribution in [3.05, 3.63) is 54.7 Å². The molecule has 7 nitrogen and oxygen atoms in total. The molecule has 24 heavy (non-hydrogen) atoms. The summed E-state index contributed by atoms with van der Waals surface area (Å²) in [6, 6.07) is 5.70. The molecular formula is C17H18N6O. The van der Waals surface area contributed by atoms with Gasteiger partial charge in [0.1, 0.15) is 5.52 Å². The molecule has 3 aromatic heterocycles. The molecule has 1 aliphatic heterocycles. The van der Waals surface area contributed by atoms with Crippen LogP contribution in [-0.2, 0) is 0 Å². The molecule has 0 bridgehead atoms. The molecule has 0 unspecified atom stereocenters. The van der Waals surface area contributed by atoms with Gasteiger partial charge in [-0.05, 0) is 31.0 Å². The summed E-state index contributed by atoms with van der Waals surface area (Å²) in [6.07, 6.45) is 10.4. The summed E-state index contributed by atoms with van der Waals surface area (Å²) in [7, 11) is 0. The number of nitrogens with one attached hydrogen (secondary N) is 1. The van der Waals surface area contributed by atoms with Gasteiger partial charge in [0.05, 0.1) is 11.8 Å². The van der Waals surface area contributed by atoms with Crippen LogP contribution < -0.4 is 10.2 Å². The fourth-order valence-corrected chi connectivity index (χ4v) is 3.09. The Morgan fingerprint density at radius 2 is 2.04 bits per heavy atom. The van der Waals surface area contributed by atoms with Crippen LogP contribution in [0.1, 0.15) is 23.2 Å². The molecule has 3 aromatic rings. The van der Waals surface area contributed by atoms with E-state index in [0.717, 1.165) is 37.3 Å². The fraction of sp³-hybridized carbons (Fsp3) is 0.294. The Balaban J connectivity index is 1.40. The van der Waals surface area contributed by atoms with E-state index in [1.165, 1.54) is 0 Å². The van der Waals surface area contributed by atoms with E-state index in [1.807, 2.05) is 16.8 Å². The molecule has 4 heterocycles. The van der Waals surface area contributed by atoms with E-state index in [0.29, 0.717) is 5.56 Å². The SMILES string of the molecule is O=C(NC1CCN(c2nccn3nccc23)CC1)c1cccnc1. The lowest BCUT2D eigenvalue weighted by atomic mass is 10.0. The van der Waals surface area contributed by atoms with E-state index < -0.39 is 0 Å². The molecule has 1 aliphatic rings. The highest BCUT2D eigenvalue weighted by atomic mass is 16.1. The van der Waals surface area contributed by atoms with E-state index in [-0.39, 0.29) is 11.9 Å². The maximum absolute atomic E-state index is 12.2. The standard InChI is InChI=1S/C17H18N6O/c24-17(13-2-1-6-18-12-13)21-14-4-9-22(10-5-14)16-15-3-7-20-23(15)11-8-19-16/h1-3,6-8,11-12,14H,4-5,9-10H2,(H,21,24). The summed E-state index contributed by atoms with van der Waals surface area (Å²) in [5.74, 6) is 0.893. The zero-order valence-electron chi connectivity index (χ0n) is 13.2. The molecule has 7 heteroatoms. The number of carbonyl (C=O) groups is 1. The van der Waals surface area contributed by atoms with Crippen LogP contribution in [0, 0.1) is 0 Å². The smallest absolute Gasteiger partial charge is 0.253 e. The molecule has 1 fully saturated rings. The van der Waals surface area contributed by atoms with Gasteiger partial charge < -0.3 is 10.2 Å². The van der Waals surface area contributed by atoms with Crippen LogP contribution in [0.25, 0.3) is 5.52 Å². The predicted octanol–water partition coefficient (Wildman–Crippen LogP) is 1.52. The Kier molecular flexibility index (Phi) is 3.82. The number of carbonyl (C=O) groups excluding carboxylic acids is 1. The maximum Gasteiger partial charge on any atom is 0.253 e. The van der Waals surface area contributed by atoms with Gasteiger partial charge in [-0.15, -0.1) is 0 Å². The average molecular weight is 322 g/mol. The van der Waals surface area contributed by atoms with Crippen molar-refractivity contribution in [1.29, 1.82) is 0 Å². The number of aromatic nitrogens is 4. The van der Waals surface area contributed by atoms with E-state index in [4.69, 9.17) is 0 Å². The van der Waals surface area contributed by atoms with Crippen molar-refractivity contribution >= 4 is 17.2 Å². The van der Waals surface area contributed by atoms with Crippen molar-refractivity contribution in [3.8, 4) is 0 Å². The number of piperidine rings is 1. The van der Waals surface area contributed by atoms with Gasteiger partial charge in [-0.25, -0.2) is 9.50 Å². The van der Waals surface area contributed by atoms with Crippen LogP contribution in [0.5, 0.6) is 0 Å². The largest absolute Gasteiger partial charge is 0.355 e. The number of nitrogens with zero attached hydrogens (tertiary/aromatic N) is 5. The summed E-state index contributed by atoms with van der Waals surface area (Å²) in [5.41, 5.74) is 1.61. The van der Waals surface area contributed by atoms with Crippen LogP contribution >= 0.6 is 0 Å². The summed E-state index contributed by atoms with van der Waals surface area (Å²) in [5, 5.41) is 7.34. The van der Waals surface area contributed by atoms with Crippen LogP contribution in [-0.4, -0.2) is 44.6 Å². The molecule has 1 N–H and O–H groups in total. The van der Waals surface area contributed by atoms with Crippen molar-refractivity contribution in [1.82, 2.24) is 24.9 Å². The summed E-state index contributed by atoms with van der Waals surface area (Å²) < 4.78 is 1.83. The number of rotatable bonds is 3. The van der Waals surface area contributed by atoms with Crippen LogP contribution in [0.2, 0.25) is 0 Å². The lowest BCUT2D eigenvalue weighted by Crippen LogP contribution is -2.45. The number of amides is 1. The van der Waals surface area contributed by atoms with E-state index in [1.54, 1.807) is 36.9 Å². The van der Waals surface area contributed by atoms with Gasteiger partial charge in [0.25, 0.3) is 5.91 Å². The highest BCUT2D eigenvalue weighted by Crippen LogP contribution is 2.22. The predicted molar refractivity (Wildman–Crippen MR) is 89.9 cm³/mol. The van der Waals surface area contributed by atoms with Crippen molar-refractivity contribution < 1.29 is 4.79 Å². The van der Waals surface area contributed by atoms with Gasteiger partial charge in [-0.1, -0.05) is 0 Å². The minimum atomic E-state index is -0.0578. The number of hydrogen-bond acceptors (Lipinski definition) is 5. The number of pyridine rings is 1. The Morgan fingerprint density at radius 3 is 2.83 bits per heavy atom. The van der Waals surface area contributed by atoms with Gasteiger partial charge in [-0.2, -0.15) is 5.10 Å². The van der Waals surface area contributed by atoms with Crippen molar-refractivity contribution in [3.63, 3.8) is 0 Å². The van der Waals surface area contributed by atoms with Gasteiger partial charge in [0, 0.05) is 43.9 Å². The first-order valence-electron chi connectivity index (χ1n) is 8.05. The molecule has 122 valence electrons. The van der Waals surface area contributed by atoms with Gasteiger partial charge in [0.15, 0.2) is 5.82 Å².